The van der Waals surface area contributed by atoms with Gasteiger partial charge in [-0.1, -0.05) is 6.92 Å². The highest BCUT2D eigenvalue weighted by molar-refractivity contribution is 5.86. The quantitative estimate of drug-likeness (QED) is 0.535. The SMILES string of the molecule is C#CCC(CC)NC(=O)C1CNC(=O)CN1. The van der Waals surface area contributed by atoms with E-state index in [1.54, 1.807) is 0 Å². The Bertz CT molecular complexity index is 299. The van der Waals surface area contributed by atoms with Crippen LogP contribution in [0.1, 0.15) is 19.8 Å². The summed E-state index contributed by atoms with van der Waals surface area (Å²) in [6, 6.07) is -0.346. The van der Waals surface area contributed by atoms with E-state index in [4.69, 9.17) is 6.42 Å². The zero-order chi connectivity index (χ0) is 12.0. The molecule has 1 saturated heterocycles. The summed E-state index contributed by atoms with van der Waals surface area (Å²) in [5, 5.41) is 8.36. The van der Waals surface area contributed by atoms with E-state index in [1.807, 2.05) is 6.92 Å². The van der Waals surface area contributed by atoms with Gasteiger partial charge in [0.2, 0.25) is 11.8 Å². The molecule has 2 atom stereocenters. The van der Waals surface area contributed by atoms with Gasteiger partial charge in [-0.15, -0.1) is 12.3 Å². The van der Waals surface area contributed by atoms with E-state index in [0.29, 0.717) is 13.0 Å². The number of nitrogens with one attached hydrogen (secondary N) is 3. The van der Waals surface area contributed by atoms with Crippen LogP contribution in [0.15, 0.2) is 0 Å². The largest absolute Gasteiger partial charge is 0.353 e. The van der Waals surface area contributed by atoms with Gasteiger partial charge in [-0.2, -0.15) is 0 Å². The van der Waals surface area contributed by atoms with Crippen LogP contribution in [-0.2, 0) is 9.59 Å². The molecule has 5 heteroatoms. The highest BCUT2D eigenvalue weighted by Gasteiger charge is 2.24. The van der Waals surface area contributed by atoms with Gasteiger partial charge < -0.3 is 10.6 Å². The van der Waals surface area contributed by atoms with Gasteiger partial charge >= 0.3 is 0 Å². The minimum atomic E-state index is -0.357. The zero-order valence-electron chi connectivity index (χ0n) is 9.38. The molecule has 5 nitrogen and oxygen atoms in total. The molecule has 0 bridgehead atoms. The predicted molar refractivity (Wildman–Crippen MR) is 60.5 cm³/mol. The fourth-order valence-electron chi connectivity index (χ4n) is 1.49. The van der Waals surface area contributed by atoms with Gasteiger partial charge in [-0.25, -0.2) is 0 Å². The van der Waals surface area contributed by atoms with E-state index >= 15 is 0 Å². The molecule has 16 heavy (non-hydrogen) atoms. The number of carbonyl (C=O) groups is 2. The lowest BCUT2D eigenvalue weighted by Crippen LogP contribution is -2.59. The second-order valence-electron chi connectivity index (χ2n) is 3.76. The van der Waals surface area contributed by atoms with Crippen LogP contribution in [0.3, 0.4) is 0 Å². The molecule has 0 aromatic rings. The molecule has 1 aliphatic rings. The van der Waals surface area contributed by atoms with Crippen molar-refractivity contribution in [3.63, 3.8) is 0 Å². The van der Waals surface area contributed by atoms with Gasteiger partial charge in [0.25, 0.3) is 0 Å². The molecular formula is C11H17N3O2. The first-order chi connectivity index (χ1) is 7.67. The summed E-state index contributed by atoms with van der Waals surface area (Å²) >= 11 is 0. The average molecular weight is 223 g/mol. The molecule has 0 saturated carbocycles. The molecule has 1 heterocycles. The minimum absolute atomic E-state index is 0.0110. The van der Waals surface area contributed by atoms with Gasteiger partial charge in [0, 0.05) is 19.0 Å². The van der Waals surface area contributed by atoms with Gasteiger partial charge in [0.05, 0.1) is 6.54 Å². The third kappa shape index (κ3) is 3.55. The van der Waals surface area contributed by atoms with Crippen molar-refractivity contribution in [2.75, 3.05) is 13.1 Å². The van der Waals surface area contributed by atoms with Gasteiger partial charge in [0.15, 0.2) is 0 Å². The van der Waals surface area contributed by atoms with E-state index in [9.17, 15) is 9.59 Å². The molecule has 1 aliphatic heterocycles. The fraction of sp³-hybridized carbons (Fsp3) is 0.636. The minimum Gasteiger partial charge on any atom is -0.353 e. The van der Waals surface area contributed by atoms with Crippen molar-refractivity contribution in [2.24, 2.45) is 0 Å². The maximum Gasteiger partial charge on any atom is 0.239 e. The maximum absolute atomic E-state index is 11.8. The molecule has 2 unspecified atom stereocenters. The van der Waals surface area contributed by atoms with E-state index in [-0.39, 0.29) is 30.4 Å². The smallest absolute Gasteiger partial charge is 0.239 e. The molecular weight excluding hydrogens is 206 g/mol. The number of terminal acetylenes is 1. The van der Waals surface area contributed by atoms with Crippen LogP contribution in [0.2, 0.25) is 0 Å². The molecule has 0 aromatic carbocycles. The van der Waals surface area contributed by atoms with Crippen molar-refractivity contribution < 1.29 is 9.59 Å². The summed E-state index contributed by atoms with van der Waals surface area (Å²) in [4.78, 5) is 22.6. The Morgan fingerprint density at radius 1 is 1.75 bits per heavy atom. The highest BCUT2D eigenvalue weighted by atomic mass is 16.2. The molecule has 0 spiro atoms. The lowest BCUT2D eigenvalue weighted by Gasteiger charge is -2.25. The molecule has 0 aromatic heterocycles. The van der Waals surface area contributed by atoms with Crippen LogP contribution in [0.25, 0.3) is 0 Å². The van der Waals surface area contributed by atoms with Crippen LogP contribution in [0.4, 0.5) is 0 Å². The Labute approximate surface area is 95.4 Å². The summed E-state index contributed by atoms with van der Waals surface area (Å²) in [5.41, 5.74) is 0. The number of piperazine rings is 1. The van der Waals surface area contributed by atoms with Gasteiger partial charge in [-0.3, -0.25) is 14.9 Å². The molecule has 0 radical (unpaired) electrons. The number of hydrogen-bond acceptors (Lipinski definition) is 3. The van der Waals surface area contributed by atoms with Crippen LogP contribution in [-0.4, -0.2) is 37.0 Å². The Hall–Kier alpha value is -1.54. The predicted octanol–water partition coefficient (Wildman–Crippen LogP) is -1.01. The molecule has 2 amide bonds. The standard InChI is InChI=1S/C11H17N3O2/c1-3-5-8(4-2)14-11(16)9-6-13-10(15)7-12-9/h1,8-9,12H,4-7H2,2H3,(H,13,15)(H,14,16). The number of carbonyl (C=O) groups excluding carboxylic acids is 2. The van der Waals surface area contributed by atoms with Crippen molar-refractivity contribution in [2.45, 2.75) is 31.8 Å². The lowest BCUT2D eigenvalue weighted by atomic mass is 10.1. The first kappa shape index (κ1) is 12.5. The van der Waals surface area contributed by atoms with Crippen molar-refractivity contribution in [1.82, 2.24) is 16.0 Å². The number of hydrogen-bond donors (Lipinski definition) is 3. The van der Waals surface area contributed by atoms with E-state index in [0.717, 1.165) is 6.42 Å². The second-order valence-corrected chi connectivity index (χ2v) is 3.76. The van der Waals surface area contributed by atoms with Crippen LogP contribution < -0.4 is 16.0 Å². The first-order valence-electron chi connectivity index (χ1n) is 5.41. The van der Waals surface area contributed by atoms with Crippen molar-refractivity contribution >= 4 is 11.8 Å². The third-order valence-corrected chi connectivity index (χ3v) is 2.53. The average Bonchev–Trinajstić information content (AvgIpc) is 2.29. The third-order valence-electron chi connectivity index (χ3n) is 2.53. The summed E-state index contributed by atoms with van der Waals surface area (Å²) in [6.45, 7) is 2.49. The summed E-state index contributed by atoms with van der Waals surface area (Å²) < 4.78 is 0. The van der Waals surface area contributed by atoms with Crippen molar-refractivity contribution in [3.05, 3.63) is 0 Å². The topological polar surface area (TPSA) is 70.2 Å². The zero-order valence-corrected chi connectivity index (χ0v) is 9.38. The monoisotopic (exact) mass is 223 g/mol. The normalized spacial score (nSPS) is 21.8. The van der Waals surface area contributed by atoms with Crippen LogP contribution in [0, 0.1) is 12.3 Å². The Kier molecular flexibility index (Phi) is 4.80. The summed E-state index contributed by atoms with van der Waals surface area (Å²) in [5.74, 6) is 2.34. The Morgan fingerprint density at radius 3 is 3.00 bits per heavy atom. The second kappa shape index (κ2) is 6.13. The lowest BCUT2D eigenvalue weighted by molar-refractivity contribution is -0.127. The molecule has 1 rings (SSSR count). The molecule has 88 valence electrons. The van der Waals surface area contributed by atoms with E-state index in [1.165, 1.54) is 0 Å². The highest BCUT2D eigenvalue weighted by Crippen LogP contribution is 1.98. The number of amides is 2. The summed E-state index contributed by atoms with van der Waals surface area (Å²) in [6.07, 6.45) is 6.53. The first-order valence-corrected chi connectivity index (χ1v) is 5.41. The maximum atomic E-state index is 11.8. The Balaban J connectivity index is 2.39. The number of rotatable bonds is 4. The van der Waals surface area contributed by atoms with Crippen molar-refractivity contribution in [3.8, 4) is 12.3 Å². The van der Waals surface area contributed by atoms with E-state index in [2.05, 4.69) is 21.9 Å². The molecule has 0 aliphatic carbocycles. The molecule has 3 N–H and O–H groups in total. The fourth-order valence-corrected chi connectivity index (χ4v) is 1.49. The summed E-state index contributed by atoms with van der Waals surface area (Å²) in [7, 11) is 0. The molecule has 1 fully saturated rings. The van der Waals surface area contributed by atoms with Crippen LogP contribution >= 0.6 is 0 Å². The Morgan fingerprint density at radius 2 is 2.50 bits per heavy atom. The van der Waals surface area contributed by atoms with Gasteiger partial charge in [0.1, 0.15) is 6.04 Å². The van der Waals surface area contributed by atoms with Crippen molar-refractivity contribution in [1.29, 1.82) is 0 Å². The van der Waals surface area contributed by atoms with Crippen LogP contribution in [0.5, 0.6) is 0 Å². The van der Waals surface area contributed by atoms with E-state index < -0.39 is 0 Å². The van der Waals surface area contributed by atoms with Gasteiger partial charge in [-0.05, 0) is 6.42 Å².